The van der Waals surface area contributed by atoms with Crippen LogP contribution in [0.15, 0.2) is 0 Å². The smallest absolute Gasteiger partial charge is 0.327 e. The Kier molecular flexibility index (Phi) is 6.98. The van der Waals surface area contributed by atoms with Gasteiger partial charge in [-0.2, -0.15) is 0 Å². The summed E-state index contributed by atoms with van der Waals surface area (Å²) in [4.78, 5) is 46.9. The fourth-order valence-electron chi connectivity index (χ4n) is 2.70. The van der Waals surface area contributed by atoms with Gasteiger partial charge in [-0.1, -0.05) is 32.5 Å². The Morgan fingerprint density at radius 2 is 1.92 bits per heavy atom. The average molecular weight is 376 g/mol. The molecule has 25 heavy (non-hydrogen) atoms. The maximum atomic E-state index is 12.8. The molecule has 0 aromatic heterocycles. The molecule has 0 aromatic carbocycles. The van der Waals surface area contributed by atoms with Gasteiger partial charge in [0.2, 0.25) is 16.9 Å². The molecule has 0 radical (unpaired) electrons. The third-order valence-corrected chi connectivity index (χ3v) is 5.28. The lowest BCUT2D eigenvalue weighted by atomic mass is 9.81. The molecule has 0 bridgehead atoms. The van der Waals surface area contributed by atoms with Crippen LogP contribution in [0, 0.1) is 11.8 Å². The van der Waals surface area contributed by atoms with Gasteiger partial charge in [-0.3, -0.25) is 14.4 Å². The number of carbonyl (C=O) groups excluding carboxylic acids is 3. The molecule has 1 rings (SSSR count). The zero-order valence-corrected chi connectivity index (χ0v) is 15.3. The minimum atomic E-state index is -1.92. The van der Waals surface area contributed by atoms with Crippen molar-refractivity contribution in [1.29, 1.82) is 0 Å². The Balaban J connectivity index is 3.04. The summed E-state index contributed by atoms with van der Waals surface area (Å²) in [6.07, 6.45) is -2.82. The van der Waals surface area contributed by atoms with Crippen LogP contribution in [0.25, 0.3) is 0 Å². The number of hydrogen-bond donors (Lipinski definition) is 5. The fraction of sp³-hybridized carbons (Fsp3) is 0.733. The molecule has 0 saturated carbocycles. The van der Waals surface area contributed by atoms with Crippen LogP contribution in [-0.4, -0.2) is 67.8 Å². The summed E-state index contributed by atoms with van der Waals surface area (Å²) in [6.45, 7) is 5.84. The van der Waals surface area contributed by atoms with Gasteiger partial charge in [0.25, 0.3) is 0 Å². The summed E-state index contributed by atoms with van der Waals surface area (Å²) in [5.74, 6) is -4.12. The normalized spacial score (nSPS) is 28.4. The molecule has 0 unspecified atom stereocenters. The summed E-state index contributed by atoms with van der Waals surface area (Å²) in [7, 11) is 0. The van der Waals surface area contributed by atoms with E-state index in [4.69, 9.17) is 5.11 Å². The zero-order chi connectivity index (χ0) is 19.5. The highest BCUT2D eigenvalue weighted by atomic mass is 32.2. The van der Waals surface area contributed by atoms with Gasteiger partial charge >= 0.3 is 5.97 Å². The van der Waals surface area contributed by atoms with Gasteiger partial charge < -0.3 is 26.0 Å². The number of carbonyl (C=O) groups is 4. The standard InChI is InChI=1S/C15H24N2O7S/c1-6(2)10(19)15(11(20)7(3)12(21)17-15)14(24)25-5-9(13(22)23)16-8(4)18/h6-7,9-11,19-20H,5H2,1-4H3,(H,16,18)(H,17,21)(H,22,23)/t7-,9+,10+,11-,15-/m1/s1. The van der Waals surface area contributed by atoms with E-state index in [1.165, 1.54) is 6.92 Å². The topological polar surface area (TPSA) is 153 Å². The number of thioether (sulfide) groups is 1. The van der Waals surface area contributed by atoms with Gasteiger partial charge in [0, 0.05) is 12.7 Å². The van der Waals surface area contributed by atoms with E-state index in [2.05, 4.69) is 10.6 Å². The third kappa shape index (κ3) is 4.31. The first-order valence-corrected chi connectivity index (χ1v) is 8.79. The quantitative estimate of drug-likeness (QED) is 0.368. The van der Waals surface area contributed by atoms with Gasteiger partial charge in [0.05, 0.1) is 18.1 Å². The molecule has 5 N–H and O–H groups in total. The van der Waals surface area contributed by atoms with Crippen molar-refractivity contribution >= 4 is 34.7 Å². The highest BCUT2D eigenvalue weighted by Gasteiger charge is 2.60. The summed E-state index contributed by atoms with van der Waals surface area (Å²) in [5, 5.41) is 33.8. The van der Waals surface area contributed by atoms with Crippen molar-refractivity contribution in [2.75, 3.05) is 5.75 Å². The second-order valence-corrected chi connectivity index (χ2v) is 7.46. The second kappa shape index (κ2) is 8.15. The van der Waals surface area contributed by atoms with Gasteiger partial charge in [0.1, 0.15) is 6.04 Å². The number of hydrogen-bond acceptors (Lipinski definition) is 7. The molecule has 10 heteroatoms. The lowest BCUT2D eigenvalue weighted by Crippen LogP contribution is -2.64. The monoisotopic (exact) mass is 376 g/mol. The number of rotatable bonds is 7. The highest BCUT2D eigenvalue weighted by molar-refractivity contribution is 8.13. The van der Waals surface area contributed by atoms with Gasteiger partial charge in [-0.05, 0) is 5.92 Å². The van der Waals surface area contributed by atoms with Crippen LogP contribution >= 0.6 is 11.8 Å². The van der Waals surface area contributed by atoms with Crippen LogP contribution in [0.3, 0.4) is 0 Å². The van der Waals surface area contributed by atoms with Crippen LogP contribution in [0.4, 0.5) is 0 Å². The molecule has 1 aliphatic rings. The van der Waals surface area contributed by atoms with Crippen LogP contribution in [-0.2, 0) is 19.2 Å². The van der Waals surface area contributed by atoms with Crippen molar-refractivity contribution in [2.24, 2.45) is 11.8 Å². The number of aliphatic hydroxyl groups is 2. The highest BCUT2D eigenvalue weighted by Crippen LogP contribution is 2.36. The minimum Gasteiger partial charge on any atom is -0.480 e. The number of aliphatic hydroxyl groups excluding tert-OH is 2. The first kappa shape index (κ1) is 21.4. The molecule has 142 valence electrons. The SMILES string of the molecule is CC(=O)N[C@@H](CSC(=O)[C@]1([C@@H](O)C(C)C)NC(=O)[C@H](C)[C@H]1O)C(=O)O. The lowest BCUT2D eigenvalue weighted by Gasteiger charge is -2.37. The summed E-state index contributed by atoms with van der Waals surface area (Å²) in [6, 6.07) is -1.31. The predicted molar refractivity (Wildman–Crippen MR) is 89.6 cm³/mol. The van der Waals surface area contributed by atoms with Crippen LogP contribution in [0.1, 0.15) is 27.7 Å². The Bertz CT molecular complexity index is 568. The van der Waals surface area contributed by atoms with Crippen LogP contribution < -0.4 is 10.6 Å². The number of amides is 2. The van der Waals surface area contributed by atoms with E-state index in [1.54, 1.807) is 13.8 Å². The number of nitrogens with one attached hydrogen (secondary N) is 2. The molecule has 1 aliphatic heterocycles. The van der Waals surface area contributed by atoms with E-state index in [9.17, 15) is 29.4 Å². The summed E-state index contributed by atoms with van der Waals surface area (Å²) < 4.78 is 0. The molecular formula is C15H24N2O7S. The van der Waals surface area contributed by atoms with E-state index in [0.29, 0.717) is 11.8 Å². The molecular weight excluding hydrogens is 352 g/mol. The van der Waals surface area contributed by atoms with Crippen molar-refractivity contribution in [3.05, 3.63) is 0 Å². The molecule has 1 saturated heterocycles. The first-order chi connectivity index (χ1) is 11.4. The molecule has 0 aliphatic carbocycles. The fourth-order valence-corrected chi connectivity index (χ4v) is 3.77. The molecule has 2 amide bonds. The molecule has 0 aromatic rings. The van der Waals surface area contributed by atoms with Crippen molar-refractivity contribution in [2.45, 2.75) is 51.5 Å². The molecule has 0 spiro atoms. The average Bonchev–Trinajstić information content (AvgIpc) is 2.74. The van der Waals surface area contributed by atoms with E-state index in [0.717, 1.165) is 6.92 Å². The maximum absolute atomic E-state index is 12.8. The Morgan fingerprint density at radius 1 is 1.36 bits per heavy atom. The van der Waals surface area contributed by atoms with Gasteiger partial charge in [-0.15, -0.1) is 0 Å². The van der Waals surface area contributed by atoms with E-state index in [1.807, 2.05) is 0 Å². The molecule has 1 fully saturated rings. The van der Waals surface area contributed by atoms with E-state index < -0.39 is 58.5 Å². The zero-order valence-electron chi connectivity index (χ0n) is 14.5. The van der Waals surface area contributed by atoms with E-state index in [-0.39, 0.29) is 5.75 Å². The number of carboxylic acid groups (broad SMARTS) is 1. The summed E-state index contributed by atoms with van der Waals surface area (Å²) >= 11 is 0.535. The minimum absolute atomic E-state index is 0.308. The molecule has 1 heterocycles. The van der Waals surface area contributed by atoms with Crippen molar-refractivity contribution in [3.63, 3.8) is 0 Å². The van der Waals surface area contributed by atoms with Gasteiger partial charge in [-0.25, -0.2) is 4.79 Å². The number of carboxylic acids is 1. The number of aliphatic carboxylic acids is 1. The lowest BCUT2D eigenvalue weighted by molar-refractivity contribution is -0.140. The van der Waals surface area contributed by atoms with E-state index >= 15 is 0 Å². The van der Waals surface area contributed by atoms with Crippen LogP contribution in [0.2, 0.25) is 0 Å². The van der Waals surface area contributed by atoms with Crippen molar-refractivity contribution < 1.29 is 34.5 Å². The molecule has 9 nitrogen and oxygen atoms in total. The van der Waals surface area contributed by atoms with Crippen molar-refractivity contribution in [3.8, 4) is 0 Å². The second-order valence-electron chi connectivity index (χ2n) is 6.47. The Hall–Kier alpha value is -1.65. The first-order valence-electron chi connectivity index (χ1n) is 7.80. The maximum Gasteiger partial charge on any atom is 0.327 e. The predicted octanol–water partition coefficient (Wildman–Crippen LogP) is -1.28. The largest absolute Gasteiger partial charge is 0.480 e. The van der Waals surface area contributed by atoms with Crippen LogP contribution in [0.5, 0.6) is 0 Å². The molecule has 5 atom stereocenters. The van der Waals surface area contributed by atoms with Crippen molar-refractivity contribution in [1.82, 2.24) is 10.6 Å². The third-order valence-electron chi connectivity index (χ3n) is 4.18. The Morgan fingerprint density at radius 3 is 2.28 bits per heavy atom. The summed E-state index contributed by atoms with van der Waals surface area (Å²) in [5.41, 5.74) is -1.92. The Labute approximate surface area is 149 Å². The van der Waals surface area contributed by atoms with Gasteiger partial charge in [0.15, 0.2) is 5.54 Å².